The molecule has 0 radical (unpaired) electrons. The Morgan fingerprint density at radius 2 is 2.00 bits per heavy atom. The molecule has 0 rings (SSSR count). The van der Waals surface area contributed by atoms with Crippen molar-refractivity contribution < 1.29 is 19.8 Å². The van der Waals surface area contributed by atoms with Gasteiger partial charge in [0.05, 0.1) is 0 Å². The summed E-state index contributed by atoms with van der Waals surface area (Å²) in [5.74, 6) is -1.90. The lowest BCUT2D eigenvalue weighted by Crippen LogP contribution is -2.27. The molecular weight excluding hydrogens is 124 g/mol. The maximum atomic E-state index is 10.3. The molecule has 52 valence electrons. The lowest BCUT2D eigenvalue weighted by atomic mass is 10.2. The first kappa shape index (κ1) is 8.26. The molecule has 0 bridgehead atoms. The van der Waals surface area contributed by atoms with E-state index in [4.69, 9.17) is 10.2 Å². The van der Waals surface area contributed by atoms with Crippen molar-refractivity contribution >= 4 is 11.6 Å². The fourth-order valence-electron chi connectivity index (χ4n) is 0.311. The second-order valence-electron chi connectivity index (χ2n) is 1.62. The van der Waals surface area contributed by atoms with Gasteiger partial charge in [0.15, 0.2) is 0 Å². The number of carbonyl (C=O) groups is 2. The van der Waals surface area contributed by atoms with Crippen molar-refractivity contribution in [1.29, 1.82) is 0 Å². The topological polar surface area (TPSA) is 74.6 Å². The van der Waals surface area contributed by atoms with E-state index in [1.165, 1.54) is 6.92 Å². The molecule has 0 aromatic rings. The third kappa shape index (κ3) is 2.34. The van der Waals surface area contributed by atoms with Gasteiger partial charge >= 0.3 is 0 Å². The van der Waals surface area contributed by atoms with E-state index in [0.29, 0.717) is 0 Å². The Morgan fingerprint density at radius 1 is 1.56 bits per heavy atom. The summed E-state index contributed by atoms with van der Waals surface area (Å²) in [7, 11) is 0. The number of Topliss-reactive ketones (excluding diaryl/α,β-unsaturated/α-hetero) is 2. The van der Waals surface area contributed by atoms with Crippen LogP contribution in [-0.2, 0) is 9.59 Å². The van der Waals surface area contributed by atoms with Crippen molar-refractivity contribution in [1.82, 2.24) is 0 Å². The second kappa shape index (κ2) is 3.32. The van der Waals surface area contributed by atoms with Crippen LogP contribution in [0.2, 0.25) is 0 Å². The van der Waals surface area contributed by atoms with Crippen LogP contribution in [0, 0.1) is 0 Å². The normalized spacial score (nSPS) is 12.8. The van der Waals surface area contributed by atoms with Crippen LogP contribution >= 0.6 is 0 Å². The monoisotopic (exact) mass is 132 g/mol. The Kier molecular flexibility index (Phi) is 3.05. The van der Waals surface area contributed by atoms with E-state index in [-0.39, 0.29) is 0 Å². The van der Waals surface area contributed by atoms with Gasteiger partial charge < -0.3 is 10.2 Å². The number of ketones is 2. The highest BCUT2D eigenvalue weighted by Crippen LogP contribution is 1.83. The van der Waals surface area contributed by atoms with Crippen molar-refractivity contribution in [2.45, 2.75) is 13.0 Å². The molecule has 0 spiro atoms. The summed E-state index contributed by atoms with van der Waals surface area (Å²) in [6, 6.07) is 0. The van der Waals surface area contributed by atoms with Crippen molar-refractivity contribution in [3.63, 3.8) is 0 Å². The van der Waals surface area contributed by atoms with Gasteiger partial charge in [-0.15, -0.1) is 0 Å². The molecule has 0 saturated carbocycles. The molecule has 0 amide bonds. The van der Waals surface area contributed by atoms with Crippen LogP contribution in [0.3, 0.4) is 0 Å². The van der Waals surface area contributed by atoms with Crippen molar-refractivity contribution in [2.75, 3.05) is 6.61 Å². The minimum atomic E-state index is -1.30. The molecule has 9 heavy (non-hydrogen) atoms. The highest BCUT2D eigenvalue weighted by molar-refractivity contribution is 6.39. The molecule has 0 aliphatic carbocycles. The van der Waals surface area contributed by atoms with Crippen LogP contribution in [0.1, 0.15) is 6.92 Å². The Hall–Kier alpha value is -0.740. The Bertz CT molecular complexity index is 127. The minimum absolute atomic E-state index is 0.830. The number of carbonyl (C=O) groups excluding carboxylic acids is 2. The SMILES string of the molecule is CC(O)C(=O)C(=O)CO. The van der Waals surface area contributed by atoms with Crippen LogP contribution in [0.15, 0.2) is 0 Å². The molecule has 2 N–H and O–H groups in total. The van der Waals surface area contributed by atoms with E-state index in [2.05, 4.69) is 0 Å². The van der Waals surface area contributed by atoms with Crippen molar-refractivity contribution in [2.24, 2.45) is 0 Å². The van der Waals surface area contributed by atoms with Gasteiger partial charge in [-0.1, -0.05) is 0 Å². The van der Waals surface area contributed by atoms with E-state index in [1.807, 2.05) is 0 Å². The maximum Gasteiger partial charge on any atom is 0.228 e. The predicted molar refractivity (Wildman–Crippen MR) is 28.8 cm³/mol. The summed E-state index contributed by atoms with van der Waals surface area (Å²) in [6.07, 6.45) is -1.30. The van der Waals surface area contributed by atoms with Gasteiger partial charge in [-0.3, -0.25) is 9.59 Å². The number of rotatable bonds is 3. The van der Waals surface area contributed by atoms with Gasteiger partial charge in [-0.25, -0.2) is 0 Å². The molecule has 0 heterocycles. The van der Waals surface area contributed by atoms with Crippen molar-refractivity contribution in [3.8, 4) is 0 Å². The Labute approximate surface area is 52.1 Å². The van der Waals surface area contributed by atoms with E-state index < -0.39 is 24.3 Å². The molecule has 4 nitrogen and oxygen atoms in total. The Balaban J connectivity index is 3.89. The van der Waals surface area contributed by atoms with E-state index in [9.17, 15) is 9.59 Å². The Morgan fingerprint density at radius 3 is 2.11 bits per heavy atom. The molecule has 4 heteroatoms. The summed E-state index contributed by atoms with van der Waals surface area (Å²) in [4.78, 5) is 20.5. The quantitative estimate of drug-likeness (QED) is 0.458. The zero-order valence-corrected chi connectivity index (χ0v) is 5.00. The van der Waals surface area contributed by atoms with E-state index in [0.717, 1.165) is 0 Å². The fraction of sp³-hybridized carbons (Fsp3) is 0.600. The summed E-state index contributed by atoms with van der Waals surface area (Å²) >= 11 is 0. The minimum Gasteiger partial charge on any atom is -0.388 e. The molecular formula is C5H8O4. The summed E-state index contributed by atoms with van der Waals surface area (Å²) in [5, 5.41) is 16.5. The first-order chi connectivity index (χ1) is 4.09. The summed E-state index contributed by atoms with van der Waals surface area (Å²) in [6.45, 7) is 0.347. The highest BCUT2D eigenvalue weighted by atomic mass is 16.3. The molecule has 0 saturated heterocycles. The van der Waals surface area contributed by atoms with Gasteiger partial charge in [0.25, 0.3) is 0 Å². The average Bonchev–Trinajstić information content (AvgIpc) is 1.84. The standard InChI is InChI=1S/C5H8O4/c1-3(7)5(9)4(8)2-6/h3,6-7H,2H2,1H3. The molecule has 0 aliphatic heterocycles. The third-order valence-corrected chi connectivity index (χ3v) is 0.798. The van der Waals surface area contributed by atoms with Gasteiger partial charge in [-0.05, 0) is 6.92 Å². The molecule has 0 aromatic carbocycles. The number of aliphatic hydroxyl groups excluding tert-OH is 2. The largest absolute Gasteiger partial charge is 0.388 e. The van der Waals surface area contributed by atoms with Crippen LogP contribution in [-0.4, -0.2) is 34.5 Å². The zero-order valence-electron chi connectivity index (χ0n) is 5.00. The summed E-state index contributed by atoms with van der Waals surface area (Å²) < 4.78 is 0. The number of hydrogen-bond donors (Lipinski definition) is 2. The van der Waals surface area contributed by atoms with Gasteiger partial charge in [0.2, 0.25) is 11.6 Å². The van der Waals surface area contributed by atoms with Gasteiger partial charge in [0.1, 0.15) is 12.7 Å². The van der Waals surface area contributed by atoms with Gasteiger partial charge in [-0.2, -0.15) is 0 Å². The first-order valence-corrected chi connectivity index (χ1v) is 2.45. The van der Waals surface area contributed by atoms with Gasteiger partial charge in [0, 0.05) is 0 Å². The maximum absolute atomic E-state index is 10.3. The molecule has 1 unspecified atom stereocenters. The second-order valence-corrected chi connectivity index (χ2v) is 1.62. The van der Waals surface area contributed by atoms with Crippen LogP contribution in [0.5, 0.6) is 0 Å². The predicted octanol–water partition coefficient (Wildman–Crippen LogP) is -1.50. The van der Waals surface area contributed by atoms with E-state index >= 15 is 0 Å². The highest BCUT2D eigenvalue weighted by Gasteiger charge is 2.16. The fourth-order valence-corrected chi connectivity index (χ4v) is 0.311. The lowest BCUT2D eigenvalue weighted by Gasteiger charge is -1.97. The van der Waals surface area contributed by atoms with E-state index in [1.54, 1.807) is 0 Å². The zero-order chi connectivity index (χ0) is 7.44. The lowest BCUT2D eigenvalue weighted by molar-refractivity contribution is -0.142. The molecule has 0 aliphatic rings. The van der Waals surface area contributed by atoms with Crippen LogP contribution < -0.4 is 0 Å². The first-order valence-electron chi connectivity index (χ1n) is 2.45. The summed E-state index contributed by atoms with van der Waals surface area (Å²) in [5.41, 5.74) is 0. The van der Waals surface area contributed by atoms with Crippen LogP contribution in [0.25, 0.3) is 0 Å². The molecule has 0 fully saturated rings. The average molecular weight is 132 g/mol. The molecule has 0 aromatic heterocycles. The molecule has 1 atom stereocenters. The number of aliphatic hydroxyl groups is 2. The third-order valence-electron chi connectivity index (χ3n) is 0.798. The number of hydrogen-bond acceptors (Lipinski definition) is 4. The van der Waals surface area contributed by atoms with Crippen LogP contribution in [0.4, 0.5) is 0 Å². The smallest absolute Gasteiger partial charge is 0.228 e. The van der Waals surface area contributed by atoms with Crippen molar-refractivity contribution in [3.05, 3.63) is 0 Å².